The van der Waals surface area contributed by atoms with E-state index in [1.165, 1.54) is 3.97 Å². The lowest BCUT2D eigenvalue weighted by Crippen LogP contribution is -2.14. The summed E-state index contributed by atoms with van der Waals surface area (Å²) in [6, 6.07) is 31.2. The van der Waals surface area contributed by atoms with Gasteiger partial charge >= 0.3 is 0 Å². The Kier molecular flexibility index (Phi) is 5.59. The van der Waals surface area contributed by atoms with Crippen LogP contribution >= 0.6 is 0 Å². The molecule has 0 unspecified atom stereocenters. The molecule has 0 aliphatic carbocycles. The monoisotopic (exact) mass is 469 g/mol. The molecule has 0 saturated heterocycles. The summed E-state index contributed by atoms with van der Waals surface area (Å²) in [6.45, 7) is 0. The van der Waals surface area contributed by atoms with E-state index in [9.17, 15) is 8.42 Å². The number of methoxy groups -OCH3 is 2. The molecule has 0 fully saturated rings. The van der Waals surface area contributed by atoms with E-state index in [2.05, 4.69) is 0 Å². The molecule has 5 nitrogen and oxygen atoms in total. The second-order valence-electron chi connectivity index (χ2n) is 7.79. The van der Waals surface area contributed by atoms with Gasteiger partial charge in [0.2, 0.25) is 0 Å². The number of aromatic nitrogens is 1. The van der Waals surface area contributed by atoms with Crippen molar-refractivity contribution in [3.8, 4) is 33.9 Å². The first kappa shape index (κ1) is 21.8. The van der Waals surface area contributed by atoms with Crippen molar-refractivity contribution < 1.29 is 17.9 Å². The third-order valence-electron chi connectivity index (χ3n) is 5.82. The summed E-state index contributed by atoms with van der Waals surface area (Å²) < 4.78 is 40.5. The van der Waals surface area contributed by atoms with Crippen molar-refractivity contribution in [2.24, 2.45) is 0 Å². The van der Waals surface area contributed by atoms with Gasteiger partial charge in [-0.25, -0.2) is 12.4 Å². The Bertz CT molecular complexity index is 1590. The van der Waals surface area contributed by atoms with Gasteiger partial charge in [-0.05, 0) is 48.0 Å². The summed E-state index contributed by atoms with van der Waals surface area (Å²) in [5, 5.41) is 0.827. The van der Waals surface area contributed by atoms with Crippen molar-refractivity contribution >= 4 is 20.9 Å². The van der Waals surface area contributed by atoms with Crippen LogP contribution < -0.4 is 9.47 Å². The van der Waals surface area contributed by atoms with Crippen LogP contribution in [-0.4, -0.2) is 26.6 Å². The van der Waals surface area contributed by atoms with Crippen LogP contribution in [0.3, 0.4) is 0 Å². The van der Waals surface area contributed by atoms with Crippen LogP contribution in [-0.2, 0) is 10.0 Å². The van der Waals surface area contributed by atoms with Gasteiger partial charge in [0.15, 0.2) is 0 Å². The first-order chi connectivity index (χ1) is 16.5. The SMILES string of the molecule is COc1cccc(-c2c(-c3cccc(OC)c3)n(S(=O)(=O)c3ccccc3)c3ccccc23)c1. The van der Waals surface area contributed by atoms with Crippen LogP contribution in [0.5, 0.6) is 11.5 Å². The van der Waals surface area contributed by atoms with Gasteiger partial charge in [-0.1, -0.05) is 60.7 Å². The van der Waals surface area contributed by atoms with E-state index in [4.69, 9.17) is 9.47 Å². The van der Waals surface area contributed by atoms with E-state index in [0.29, 0.717) is 22.7 Å². The molecule has 0 aliphatic heterocycles. The summed E-state index contributed by atoms with van der Waals surface area (Å²) >= 11 is 0. The number of fused-ring (bicyclic) bond motifs is 1. The van der Waals surface area contributed by atoms with Crippen molar-refractivity contribution in [1.82, 2.24) is 3.97 Å². The summed E-state index contributed by atoms with van der Waals surface area (Å²) in [7, 11) is -0.710. The third-order valence-corrected chi connectivity index (χ3v) is 7.54. The lowest BCUT2D eigenvalue weighted by molar-refractivity contribution is 0.415. The Morgan fingerprint density at radius 1 is 0.647 bits per heavy atom. The van der Waals surface area contributed by atoms with Gasteiger partial charge in [-0.3, -0.25) is 0 Å². The maximum atomic E-state index is 14.1. The van der Waals surface area contributed by atoms with E-state index in [-0.39, 0.29) is 4.90 Å². The first-order valence-electron chi connectivity index (χ1n) is 10.8. The highest BCUT2D eigenvalue weighted by Gasteiger charge is 2.28. The van der Waals surface area contributed by atoms with Crippen molar-refractivity contribution in [3.63, 3.8) is 0 Å². The largest absolute Gasteiger partial charge is 0.497 e. The molecule has 4 aromatic carbocycles. The molecule has 0 amide bonds. The van der Waals surface area contributed by atoms with E-state index in [0.717, 1.165) is 22.1 Å². The number of hydrogen-bond donors (Lipinski definition) is 0. The average Bonchev–Trinajstić information content (AvgIpc) is 3.25. The molecule has 6 heteroatoms. The average molecular weight is 470 g/mol. The van der Waals surface area contributed by atoms with E-state index in [1.54, 1.807) is 44.6 Å². The van der Waals surface area contributed by atoms with E-state index in [1.807, 2.05) is 72.8 Å². The molecule has 0 aliphatic rings. The van der Waals surface area contributed by atoms with Gasteiger partial charge in [0, 0.05) is 16.5 Å². The zero-order valence-electron chi connectivity index (χ0n) is 18.8. The lowest BCUT2D eigenvalue weighted by Gasteiger charge is -2.15. The minimum absolute atomic E-state index is 0.220. The molecule has 0 radical (unpaired) electrons. The minimum atomic E-state index is -3.92. The summed E-state index contributed by atoms with van der Waals surface area (Å²) in [4.78, 5) is 0.220. The minimum Gasteiger partial charge on any atom is -0.497 e. The van der Waals surface area contributed by atoms with Gasteiger partial charge in [0.25, 0.3) is 10.0 Å². The Morgan fingerprint density at radius 3 is 1.91 bits per heavy atom. The fourth-order valence-corrected chi connectivity index (χ4v) is 5.83. The van der Waals surface area contributed by atoms with Crippen LogP contribution in [0, 0.1) is 0 Å². The van der Waals surface area contributed by atoms with Crippen molar-refractivity contribution in [2.45, 2.75) is 4.90 Å². The number of para-hydroxylation sites is 1. The Labute approximate surface area is 198 Å². The number of hydrogen-bond acceptors (Lipinski definition) is 4. The molecule has 34 heavy (non-hydrogen) atoms. The molecular formula is C28H23NO4S. The maximum absolute atomic E-state index is 14.1. The fourth-order valence-electron chi connectivity index (χ4n) is 4.26. The lowest BCUT2D eigenvalue weighted by atomic mass is 9.98. The molecule has 5 aromatic rings. The van der Waals surface area contributed by atoms with E-state index < -0.39 is 10.0 Å². The highest BCUT2D eigenvalue weighted by molar-refractivity contribution is 7.90. The van der Waals surface area contributed by atoms with Crippen molar-refractivity contribution in [3.05, 3.63) is 103 Å². The predicted octanol–water partition coefficient (Wildman–Crippen LogP) is 6.23. The molecule has 0 bridgehead atoms. The maximum Gasteiger partial charge on any atom is 0.268 e. The molecular weight excluding hydrogens is 446 g/mol. The number of ether oxygens (including phenoxy) is 2. The topological polar surface area (TPSA) is 57.5 Å². The smallest absolute Gasteiger partial charge is 0.268 e. The van der Waals surface area contributed by atoms with E-state index >= 15 is 0 Å². The molecule has 1 heterocycles. The zero-order chi connectivity index (χ0) is 23.7. The molecule has 0 atom stereocenters. The van der Waals surface area contributed by atoms with Gasteiger partial charge in [0.1, 0.15) is 11.5 Å². The Balaban J connectivity index is 1.96. The van der Waals surface area contributed by atoms with Crippen molar-refractivity contribution in [1.29, 1.82) is 0 Å². The van der Waals surface area contributed by atoms with Crippen molar-refractivity contribution in [2.75, 3.05) is 14.2 Å². The Hall–Kier alpha value is -4.03. The molecule has 0 saturated carbocycles. The van der Waals surface area contributed by atoms with Gasteiger partial charge in [-0.2, -0.15) is 0 Å². The van der Waals surface area contributed by atoms with Crippen LogP contribution in [0.2, 0.25) is 0 Å². The number of nitrogens with zero attached hydrogens (tertiary/aromatic N) is 1. The van der Waals surface area contributed by atoms with Crippen LogP contribution in [0.1, 0.15) is 0 Å². The molecule has 0 N–H and O–H groups in total. The second kappa shape index (κ2) is 8.72. The summed E-state index contributed by atoms with van der Waals surface area (Å²) in [5.41, 5.74) is 3.56. The highest BCUT2D eigenvalue weighted by atomic mass is 32.2. The van der Waals surface area contributed by atoms with Gasteiger partial charge < -0.3 is 9.47 Å². The molecule has 5 rings (SSSR count). The number of benzene rings is 4. The molecule has 1 aromatic heterocycles. The quantitative estimate of drug-likeness (QED) is 0.296. The third kappa shape index (κ3) is 3.62. The molecule has 170 valence electrons. The predicted molar refractivity (Wildman–Crippen MR) is 135 cm³/mol. The normalized spacial score (nSPS) is 11.5. The van der Waals surface area contributed by atoms with Crippen LogP contribution in [0.4, 0.5) is 0 Å². The van der Waals surface area contributed by atoms with Crippen LogP contribution in [0.25, 0.3) is 33.3 Å². The van der Waals surface area contributed by atoms with Crippen LogP contribution in [0.15, 0.2) is 108 Å². The first-order valence-corrected chi connectivity index (χ1v) is 12.2. The fraction of sp³-hybridized carbons (Fsp3) is 0.0714. The molecule has 0 spiro atoms. The number of rotatable bonds is 6. The summed E-state index contributed by atoms with van der Waals surface area (Å²) in [5.74, 6) is 1.33. The standard InChI is InChI=1S/C28H23NO4S/c1-32-22-12-8-10-20(18-22)27-25-16-6-7-17-26(25)29(34(30,31)24-14-4-3-5-15-24)28(27)21-11-9-13-23(19-21)33-2/h3-19H,1-2H3. The zero-order valence-corrected chi connectivity index (χ0v) is 19.6. The summed E-state index contributed by atoms with van der Waals surface area (Å²) in [6.07, 6.45) is 0. The highest BCUT2D eigenvalue weighted by Crippen LogP contribution is 2.44. The second-order valence-corrected chi connectivity index (χ2v) is 9.57. The Morgan fingerprint density at radius 2 is 1.24 bits per heavy atom. The van der Waals surface area contributed by atoms with Gasteiger partial charge in [0.05, 0.1) is 30.3 Å². The van der Waals surface area contributed by atoms with Gasteiger partial charge in [-0.15, -0.1) is 0 Å².